The van der Waals surface area contributed by atoms with Gasteiger partial charge in [0.1, 0.15) is 0 Å². The quantitative estimate of drug-likeness (QED) is 0.671. The average molecular weight is 237 g/mol. The summed E-state index contributed by atoms with van der Waals surface area (Å²) >= 11 is 0. The molecule has 0 unspecified atom stereocenters. The Kier molecular flexibility index (Phi) is 4.66. The Hall–Kier alpha value is -1.24. The Morgan fingerprint density at radius 1 is 1.29 bits per heavy atom. The summed E-state index contributed by atoms with van der Waals surface area (Å²) < 4.78 is 5.30. The monoisotopic (exact) mass is 237 g/mol. The molecule has 6 nitrogen and oxygen atoms in total. The Morgan fingerprint density at radius 3 is 2.71 bits per heavy atom. The van der Waals surface area contributed by atoms with E-state index in [1.165, 1.54) is 0 Å². The van der Waals surface area contributed by atoms with Crippen molar-refractivity contribution in [2.75, 3.05) is 45.1 Å². The van der Waals surface area contributed by atoms with Crippen molar-refractivity contribution < 1.29 is 4.74 Å². The molecule has 0 spiro atoms. The maximum absolute atomic E-state index is 5.42. The zero-order valence-corrected chi connectivity index (χ0v) is 9.93. The highest BCUT2D eigenvalue weighted by molar-refractivity contribution is 5.16. The number of aromatic nitrogens is 2. The Bertz CT molecular complexity index is 323. The van der Waals surface area contributed by atoms with Gasteiger partial charge in [-0.2, -0.15) is 0 Å². The molecule has 1 saturated heterocycles. The van der Waals surface area contributed by atoms with E-state index in [0.717, 1.165) is 51.5 Å². The number of nitrogens with two attached hydrogens (primary N) is 1. The van der Waals surface area contributed by atoms with Crippen LogP contribution in [0.4, 0.5) is 5.95 Å². The van der Waals surface area contributed by atoms with Gasteiger partial charge in [0.15, 0.2) is 0 Å². The van der Waals surface area contributed by atoms with Crippen molar-refractivity contribution in [3.05, 3.63) is 18.0 Å². The van der Waals surface area contributed by atoms with Crippen molar-refractivity contribution in [1.29, 1.82) is 0 Å². The third kappa shape index (κ3) is 4.26. The van der Waals surface area contributed by atoms with Gasteiger partial charge in [-0.1, -0.05) is 0 Å². The second kappa shape index (κ2) is 6.48. The smallest absolute Gasteiger partial charge is 0.219 e. The molecule has 6 heteroatoms. The zero-order valence-electron chi connectivity index (χ0n) is 9.93. The number of morpholine rings is 1. The van der Waals surface area contributed by atoms with Crippen LogP contribution in [0, 0.1) is 0 Å². The van der Waals surface area contributed by atoms with E-state index in [4.69, 9.17) is 10.5 Å². The van der Waals surface area contributed by atoms with E-state index in [9.17, 15) is 0 Å². The third-order valence-corrected chi connectivity index (χ3v) is 2.76. The lowest BCUT2D eigenvalue weighted by Crippen LogP contribution is -2.40. The van der Waals surface area contributed by atoms with E-state index in [2.05, 4.69) is 20.2 Å². The second-order valence-electron chi connectivity index (χ2n) is 4.08. The molecule has 1 aliphatic rings. The summed E-state index contributed by atoms with van der Waals surface area (Å²) in [5.41, 5.74) is 6.47. The van der Waals surface area contributed by atoms with Crippen molar-refractivity contribution in [2.45, 2.75) is 6.54 Å². The van der Waals surface area contributed by atoms with Crippen LogP contribution in [0.1, 0.15) is 5.56 Å². The minimum absolute atomic E-state index is 0.321. The molecule has 1 aromatic heterocycles. The van der Waals surface area contributed by atoms with Gasteiger partial charge < -0.3 is 15.8 Å². The van der Waals surface area contributed by atoms with Crippen molar-refractivity contribution in [3.8, 4) is 0 Å². The van der Waals surface area contributed by atoms with E-state index < -0.39 is 0 Å². The van der Waals surface area contributed by atoms with Crippen LogP contribution in [0.3, 0.4) is 0 Å². The molecule has 3 N–H and O–H groups in total. The van der Waals surface area contributed by atoms with E-state index in [0.29, 0.717) is 5.95 Å². The Labute approximate surface area is 101 Å². The molecule has 1 aromatic rings. The number of nitrogens with zero attached hydrogens (tertiary/aromatic N) is 3. The van der Waals surface area contributed by atoms with Crippen molar-refractivity contribution in [1.82, 2.24) is 20.2 Å². The van der Waals surface area contributed by atoms with Gasteiger partial charge in [-0.25, -0.2) is 9.97 Å². The summed E-state index contributed by atoms with van der Waals surface area (Å²) in [6, 6.07) is 0. The molecule has 17 heavy (non-hydrogen) atoms. The predicted octanol–water partition coefficient (Wildman–Crippen LogP) is -0.519. The molecular formula is C11H19N5O. The van der Waals surface area contributed by atoms with Gasteiger partial charge in [0, 0.05) is 50.7 Å². The molecule has 0 bridgehead atoms. The zero-order chi connectivity index (χ0) is 11.9. The normalized spacial score (nSPS) is 17.2. The average Bonchev–Trinajstić information content (AvgIpc) is 2.38. The molecule has 1 aliphatic heterocycles. The summed E-state index contributed by atoms with van der Waals surface area (Å²) in [4.78, 5) is 10.3. The number of nitrogen functional groups attached to an aromatic ring is 1. The maximum Gasteiger partial charge on any atom is 0.219 e. The van der Waals surface area contributed by atoms with Crippen LogP contribution in [-0.4, -0.2) is 54.3 Å². The first-order chi connectivity index (χ1) is 8.34. The van der Waals surface area contributed by atoms with Crippen molar-refractivity contribution >= 4 is 5.95 Å². The van der Waals surface area contributed by atoms with Crippen LogP contribution >= 0.6 is 0 Å². The second-order valence-corrected chi connectivity index (χ2v) is 4.08. The Balaban J connectivity index is 1.60. The third-order valence-electron chi connectivity index (χ3n) is 2.76. The highest BCUT2D eigenvalue weighted by Crippen LogP contribution is 1.97. The minimum Gasteiger partial charge on any atom is -0.379 e. The first-order valence-corrected chi connectivity index (χ1v) is 5.92. The fourth-order valence-corrected chi connectivity index (χ4v) is 1.75. The van der Waals surface area contributed by atoms with E-state index in [1.54, 1.807) is 12.4 Å². The fourth-order valence-electron chi connectivity index (χ4n) is 1.75. The fraction of sp³-hybridized carbons (Fsp3) is 0.636. The lowest BCUT2D eigenvalue weighted by Gasteiger charge is -2.26. The molecule has 0 aromatic carbocycles. The Morgan fingerprint density at radius 2 is 2.00 bits per heavy atom. The maximum atomic E-state index is 5.42. The van der Waals surface area contributed by atoms with Gasteiger partial charge in [-0.3, -0.25) is 4.90 Å². The van der Waals surface area contributed by atoms with Gasteiger partial charge in [-0.05, 0) is 0 Å². The van der Waals surface area contributed by atoms with Crippen LogP contribution in [-0.2, 0) is 11.3 Å². The first-order valence-electron chi connectivity index (χ1n) is 5.92. The summed E-state index contributed by atoms with van der Waals surface area (Å²) in [6.07, 6.45) is 3.51. The number of ether oxygens (including phenoxy) is 1. The van der Waals surface area contributed by atoms with Gasteiger partial charge >= 0.3 is 0 Å². The first kappa shape index (κ1) is 12.2. The van der Waals surface area contributed by atoms with Gasteiger partial charge in [0.2, 0.25) is 5.95 Å². The largest absolute Gasteiger partial charge is 0.379 e. The molecule has 2 heterocycles. The van der Waals surface area contributed by atoms with Gasteiger partial charge in [0.25, 0.3) is 0 Å². The molecular weight excluding hydrogens is 218 g/mol. The SMILES string of the molecule is Nc1ncc(CNCCN2CCOCC2)cn1. The summed E-state index contributed by atoms with van der Waals surface area (Å²) in [7, 11) is 0. The lowest BCUT2D eigenvalue weighted by molar-refractivity contribution is 0.0384. The number of hydrogen-bond acceptors (Lipinski definition) is 6. The molecule has 2 rings (SSSR count). The molecule has 94 valence electrons. The number of nitrogens with one attached hydrogen (secondary N) is 1. The predicted molar refractivity (Wildman–Crippen MR) is 65.4 cm³/mol. The van der Waals surface area contributed by atoms with Crippen LogP contribution in [0.15, 0.2) is 12.4 Å². The van der Waals surface area contributed by atoms with Crippen LogP contribution < -0.4 is 11.1 Å². The number of rotatable bonds is 5. The van der Waals surface area contributed by atoms with Crippen LogP contribution in [0.2, 0.25) is 0 Å². The van der Waals surface area contributed by atoms with Crippen LogP contribution in [0.25, 0.3) is 0 Å². The van der Waals surface area contributed by atoms with E-state index in [1.807, 2.05) is 0 Å². The lowest BCUT2D eigenvalue weighted by atomic mass is 10.3. The molecule has 0 saturated carbocycles. The molecule has 1 fully saturated rings. The standard InChI is InChI=1S/C11H19N5O/c12-11-14-8-10(9-15-11)7-13-1-2-16-3-5-17-6-4-16/h8-9,13H,1-7H2,(H2,12,14,15). The molecule has 0 amide bonds. The topological polar surface area (TPSA) is 76.3 Å². The summed E-state index contributed by atoms with van der Waals surface area (Å²) in [6.45, 7) is 6.57. The van der Waals surface area contributed by atoms with Crippen LogP contribution in [0.5, 0.6) is 0 Å². The van der Waals surface area contributed by atoms with E-state index in [-0.39, 0.29) is 0 Å². The minimum atomic E-state index is 0.321. The molecule has 0 atom stereocenters. The highest BCUT2D eigenvalue weighted by atomic mass is 16.5. The molecule has 0 aliphatic carbocycles. The highest BCUT2D eigenvalue weighted by Gasteiger charge is 2.08. The molecule has 0 radical (unpaired) electrons. The van der Waals surface area contributed by atoms with Crippen molar-refractivity contribution in [2.24, 2.45) is 0 Å². The number of anilines is 1. The number of hydrogen-bond donors (Lipinski definition) is 2. The summed E-state index contributed by atoms with van der Waals surface area (Å²) in [5.74, 6) is 0.321. The van der Waals surface area contributed by atoms with Crippen molar-refractivity contribution in [3.63, 3.8) is 0 Å². The van der Waals surface area contributed by atoms with Gasteiger partial charge in [0.05, 0.1) is 13.2 Å². The van der Waals surface area contributed by atoms with E-state index >= 15 is 0 Å². The van der Waals surface area contributed by atoms with Gasteiger partial charge in [-0.15, -0.1) is 0 Å². The summed E-state index contributed by atoms with van der Waals surface area (Å²) in [5, 5.41) is 3.37.